The van der Waals surface area contributed by atoms with Crippen LogP contribution in [0.25, 0.3) is 56.5 Å². The molecule has 0 radical (unpaired) electrons. The topological polar surface area (TPSA) is 70.0 Å². The Morgan fingerprint density at radius 3 is 1.70 bits per heavy atom. The first-order valence-corrected chi connectivity index (χ1v) is 19.0. The zero-order chi connectivity index (χ0) is 37.8. The summed E-state index contributed by atoms with van der Waals surface area (Å²) in [7, 11) is 0. The number of aromatic nitrogens is 4. The maximum absolute atomic E-state index is 7.22. The molecule has 2 aliphatic rings. The molecule has 9 aromatic rings. The minimum atomic E-state index is -0.570. The molecule has 0 fully saturated rings. The Morgan fingerprint density at radius 2 is 0.965 bits per heavy atom. The Morgan fingerprint density at radius 1 is 0.368 bits per heavy atom. The van der Waals surface area contributed by atoms with E-state index in [-0.39, 0.29) is 0 Å². The van der Waals surface area contributed by atoms with Crippen LogP contribution < -0.4 is 9.47 Å². The molecule has 0 saturated carbocycles. The number of nitrogens with zero attached hydrogens (tertiary/aromatic N) is 4. The Bertz CT molecular complexity index is 2860. The highest BCUT2D eigenvalue weighted by Crippen LogP contribution is 2.63. The Hall–Kier alpha value is -7.70. The van der Waals surface area contributed by atoms with Crippen LogP contribution in [0, 0.1) is 0 Å². The van der Waals surface area contributed by atoms with Crippen LogP contribution in [0.4, 0.5) is 0 Å². The molecule has 268 valence electrons. The van der Waals surface area contributed by atoms with E-state index < -0.39 is 5.41 Å². The Kier molecular flexibility index (Phi) is 7.60. The summed E-state index contributed by atoms with van der Waals surface area (Å²) in [6.07, 6.45) is 1.75. The molecule has 2 aromatic heterocycles. The lowest BCUT2D eigenvalue weighted by Gasteiger charge is -2.34. The first-order chi connectivity index (χ1) is 28.3. The normalized spacial score (nSPS) is 13.0. The van der Waals surface area contributed by atoms with Crippen molar-refractivity contribution in [3.05, 3.63) is 217 Å². The standard InChI is InChI=1S/C51H32N4O2/c1-4-17-33(18-5-1)48-53-49(55-50(54-48)42-28-14-15-32-52-42)38-24-11-10-23-36(38)37-26-16-29-43-46(37)57-47-44(56-43)31-30-41-45(47)39-25-12-13-27-40(39)51(41,34-19-6-2-7-20-34)35-21-8-3-9-22-35/h1-32H. The lowest BCUT2D eigenvalue weighted by Crippen LogP contribution is -2.28. The fourth-order valence-corrected chi connectivity index (χ4v) is 8.53. The van der Waals surface area contributed by atoms with Crippen LogP contribution in [-0.4, -0.2) is 19.9 Å². The third kappa shape index (κ3) is 5.19. The lowest BCUT2D eigenvalue weighted by molar-refractivity contribution is 0.361. The largest absolute Gasteiger partial charge is 0.449 e. The van der Waals surface area contributed by atoms with Crippen molar-refractivity contribution >= 4 is 0 Å². The van der Waals surface area contributed by atoms with E-state index >= 15 is 0 Å². The molecule has 0 saturated heterocycles. The molecule has 6 nitrogen and oxygen atoms in total. The van der Waals surface area contributed by atoms with Crippen molar-refractivity contribution in [2.75, 3.05) is 0 Å². The average molecular weight is 733 g/mol. The summed E-state index contributed by atoms with van der Waals surface area (Å²) in [5.74, 6) is 4.20. The summed E-state index contributed by atoms with van der Waals surface area (Å²) in [4.78, 5) is 19.5. The molecule has 0 atom stereocenters. The third-order valence-corrected chi connectivity index (χ3v) is 11.0. The van der Waals surface area contributed by atoms with Gasteiger partial charge in [0.2, 0.25) is 0 Å². The minimum Gasteiger partial charge on any atom is -0.449 e. The van der Waals surface area contributed by atoms with Crippen LogP contribution in [0.5, 0.6) is 23.0 Å². The number of hydrogen-bond acceptors (Lipinski definition) is 6. The van der Waals surface area contributed by atoms with E-state index in [9.17, 15) is 0 Å². The van der Waals surface area contributed by atoms with Crippen molar-refractivity contribution in [3.8, 4) is 79.5 Å². The van der Waals surface area contributed by atoms with Gasteiger partial charge in [0, 0.05) is 28.5 Å². The van der Waals surface area contributed by atoms with E-state index in [4.69, 9.17) is 24.4 Å². The summed E-state index contributed by atoms with van der Waals surface area (Å²) in [5, 5.41) is 0. The summed E-state index contributed by atoms with van der Waals surface area (Å²) in [6, 6.07) is 64.3. The van der Waals surface area contributed by atoms with Crippen molar-refractivity contribution in [2.45, 2.75) is 5.41 Å². The van der Waals surface area contributed by atoms with Gasteiger partial charge in [-0.15, -0.1) is 0 Å². The number of para-hydroxylation sites is 1. The highest BCUT2D eigenvalue weighted by atomic mass is 16.6. The highest BCUT2D eigenvalue weighted by molar-refractivity contribution is 5.93. The van der Waals surface area contributed by atoms with E-state index in [1.54, 1.807) is 6.20 Å². The van der Waals surface area contributed by atoms with Crippen LogP contribution in [0.2, 0.25) is 0 Å². The van der Waals surface area contributed by atoms with E-state index in [0.29, 0.717) is 46.2 Å². The molecule has 0 amide bonds. The van der Waals surface area contributed by atoms with Crippen LogP contribution >= 0.6 is 0 Å². The maximum atomic E-state index is 7.22. The molecule has 0 bridgehead atoms. The quantitative estimate of drug-likeness (QED) is 0.169. The molecule has 1 aliphatic carbocycles. The lowest BCUT2D eigenvalue weighted by atomic mass is 9.68. The molecule has 0 N–H and O–H groups in total. The predicted octanol–water partition coefficient (Wildman–Crippen LogP) is 12.2. The van der Waals surface area contributed by atoms with Gasteiger partial charge in [-0.25, -0.2) is 15.0 Å². The van der Waals surface area contributed by atoms with Gasteiger partial charge in [0.1, 0.15) is 5.69 Å². The first kappa shape index (κ1) is 32.7. The van der Waals surface area contributed by atoms with Crippen LogP contribution in [-0.2, 0) is 5.41 Å². The second kappa shape index (κ2) is 13.3. The van der Waals surface area contributed by atoms with E-state index in [0.717, 1.165) is 38.9 Å². The summed E-state index contributed by atoms with van der Waals surface area (Å²) in [5.41, 5.74) is 10.4. The van der Waals surface area contributed by atoms with Gasteiger partial charge in [-0.1, -0.05) is 164 Å². The number of ether oxygens (including phenoxy) is 2. The fourth-order valence-electron chi connectivity index (χ4n) is 8.53. The molecule has 57 heavy (non-hydrogen) atoms. The highest BCUT2D eigenvalue weighted by Gasteiger charge is 2.48. The fraction of sp³-hybridized carbons (Fsp3) is 0.0196. The maximum Gasteiger partial charge on any atom is 0.182 e. The Labute approximate surface area is 329 Å². The summed E-state index contributed by atoms with van der Waals surface area (Å²) < 4.78 is 14.0. The SMILES string of the molecule is c1ccc(-c2nc(-c3ccccn3)nc(-c3ccccc3-c3cccc4c3Oc3c(ccc5c3-c3ccccc3C5(c3ccccc3)c3ccccc3)O4)n2)cc1. The summed E-state index contributed by atoms with van der Waals surface area (Å²) in [6.45, 7) is 0. The van der Waals surface area contributed by atoms with Gasteiger partial charge in [-0.05, 0) is 57.6 Å². The van der Waals surface area contributed by atoms with E-state index in [1.165, 1.54) is 16.7 Å². The molecule has 3 heterocycles. The molecule has 1 aliphatic heterocycles. The van der Waals surface area contributed by atoms with Gasteiger partial charge in [0.05, 0.1) is 5.41 Å². The molecule has 7 aromatic carbocycles. The van der Waals surface area contributed by atoms with Crippen molar-refractivity contribution in [1.29, 1.82) is 0 Å². The first-order valence-electron chi connectivity index (χ1n) is 19.0. The second-order valence-corrected chi connectivity index (χ2v) is 14.1. The average Bonchev–Trinajstić information content (AvgIpc) is 3.60. The van der Waals surface area contributed by atoms with Gasteiger partial charge in [-0.2, -0.15) is 0 Å². The predicted molar refractivity (Wildman–Crippen MR) is 223 cm³/mol. The number of benzene rings is 7. The van der Waals surface area contributed by atoms with Gasteiger partial charge in [0.25, 0.3) is 0 Å². The van der Waals surface area contributed by atoms with Gasteiger partial charge >= 0.3 is 0 Å². The number of pyridine rings is 1. The third-order valence-electron chi connectivity index (χ3n) is 11.0. The van der Waals surface area contributed by atoms with Crippen molar-refractivity contribution < 1.29 is 9.47 Å². The number of fused-ring (bicyclic) bond motifs is 6. The van der Waals surface area contributed by atoms with E-state index in [1.807, 2.05) is 78.9 Å². The van der Waals surface area contributed by atoms with Crippen LogP contribution in [0.3, 0.4) is 0 Å². The smallest absolute Gasteiger partial charge is 0.182 e. The van der Waals surface area contributed by atoms with Crippen LogP contribution in [0.15, 0.2) is 194 Å². The molecular formula is C51H32N4O2. The monoisotopic (exact) mass is 732 g/mol. The second-order valence-electron chi connectivity index (χ2n) is 14.1. The molecule has 0 unspecified atom stereocenters. The summed E-state index contributed by atoms with van der Waals surface area (Å²) >= 11 is 0. The van der Waals surface area contributed by atoms with Gasteiger partial charge in [-0.3, -0.25) is 4.98 Å². The van der Waals surface area contributed by atoms with E-state index in [2.05, 4.69) is 114 Å². The molecule has 11 rings (SSSR count). The number of rotatable bonds is 6. The number of hydrogen-bond donors (Lipinski definition) is 0. The van der Waals surface area contributed by atoms with Crippen molar-refractivity contribution in [2.24, 2.45) is 0 Å². The Balaban J connectivity index is 1.10. The van der Waals surface area contributed by atoms with Crippen LogP contribution in [0.1, 0.15) is 22.3 Å². The van der Waals surface area contributed by atoms with Crippen molar-refractivity contribution in [3.63, 3.8) is 0 Å². The molecule has 0 spiro atoms. The van der Waals surface area contributed by atoms with Gasteiger partial charge in [0.15, 0.2) is 40.5 Å². The van der Waals surface area contributed by atoms with Gasteiger partial charge < -0.3 is 9.47 Å². The molecule has 6 heteroatoms. The zero-order valence-corrected chi connectivity index (χ0v) is 30.6. The zero-order valence-electron chi connectivity index (χ0n) is 30.6. The molecular weight excluding hydrogens is 701 g/mol. The minimum absolute atomic E-state index is 0.493. The van der Waals surface area contributed by atoms with Crippen molar-refractivity contribution in [1.82, 2.24) is 19.9 Å².